The van der Waals surface area contributed by atoms with Crippen LogP contribution >= 0.6 is 0 Å². The maximum atomic E-state index is 5.97. The van der Waals surface area contributed by atoms with E-state index in [2.05, 4.69) is 46.4 Å². The summed E-state index contributed by atoms with van der Waals surface area (Å²) in [7, 11) is -3.16. The van der Waals surface area contributed by atoms with Crippen LogP contribution in [0.1, 0.15) is 92.9 Å². The summed E-state index contributed by atoms with van der Waals surface area (Å²) in [5.41, 5.74) is 6.66. The lowest BCUT2D eigenvalue weighted by atomic mass is 10.1. The molecule has 2 atom stereocenters. The second-order valence-electron chi connectivity index (χ2n) is 8.84. The van der Waals surface area contributed by atoms with Crippen LogP contribution in [0.5, 0.6) is 0 Å². The molecule has 0 aromatic heterocycles. The van der Waals surface area contributed by atoms with E-state index in [0.717, 1.165) is 65.3 Å². The molecule has 0 aliphatic carbocycles. The predicted octanol–water partition coefficient (Wildman–Crippen LogP) is 4.74. The quantitative estimate of drug-likeness (QED) is 0.155. The van der Waals surface area contributed by atoms with Gasteiger partial charge in [0.05, 0.1) is 0 Å². The molecule has 8 heteroatoms. The Hall–Kier alpha value is 0.194. The molecule has 0 amide bonds. The third kappa shape index (κ3) is 16.8. The summed E-state index contributed by atoms with van der Waals surface area (Å²) in [6, 6.07) is 0. The van der Waals surface area contributed by atoms with Crippen molar-refractivity contribution in [1.82, 2.24) is 4.90 Å². The van der Waals surface area contributed by atoms with Gasteiger partial charge in [0.25, 0.3) is 0 Å². The van der Waals surface area contributed by atoms with Crippen molar-refractivity contribution in [2.24, 2.45) is 5.73 Å². The smallest absolute Gasteiger partial charge is 0.324 e. The normalized spacial score (nSPS) is 14.1. The highest BCUT2D eigenvalue weighted by Crippen LogP contribution is 2.21. The topological polar surface area (TPSA) is 66.2 Å². The molecule has 0 aromatic carbocycles. The number of rotatable bonds is 24. The third-order valence-corrected chi connectivity index (χ3v) is 11.2. The fourth-order valence-electron chi connectivity index (χ4n) is 3.98. The van der Waals surface area contributed by atoms with Gasteiger partial charge in [0, 0.05) is 26.4 Å². The minimum atomic E-state index is -1.58. The van der Waals surface area contributed by atoms with Crippen molar-refractivity contribution in [3.63, 3.8) is 0 Å². The van der Waals surface area contributed by atoms with E-state index in [1.807, 2.05) is 0 Å². The third-order valence-electron chi connectivity index (χ3n) is 5.98. The fraction of sp³-hybridized carbons (Fsp3) is 1.00. The van der Waals surface area contributed by atoms with E-state index in [-0.39, 0.29) is 0 Å². The van der Waals surface area contributed by atoms with Crippen LogP contribution in [0.25, 0.3) is 0 Å². The zero-order chi connectivity index (χ0) is 24.0. The molecule has 194 valence electrons. The predicted molar refractivity (Wildman–Crippen MR) is 142 cm³/mol. The molecule has 0 saturated heterocycles. The van der Waals surface area contributed by atoms with Crippen molar-refractivity contribution in [1.29, 1.82) is 0 Å². The Morgan fingerprint density at radius 3 is 1.34 bits per heavy atom. The largest absolute Gasteiger partial charge is 0.397 e. The maximum absolute atomic E-state index is 5.97. The van der Waals surface area contributed by atoms with Crippen LogP contribution in [0.3, 0.4) is 0 Å². The summed E-state index contributed by atoms with van der Waals surface area (Å²) in [4.78, 5) is 2.67. The summed E-state index contributed by atoms with van der Waals surface area (Å²) < 4.78 is 23.9. The molecular formula is C24H56N2O4Si2. The van der Waals surface area contributed by atoms with Crippen LogP contribution in [0.4, 0.5) is 0 Å². The van der Waals surface area contributed by atoms with Crippen LogP contribution < -0.4 is 5.73 Å². The number of nitrogens with two attached hydrogens (primary N) is 1. The number of nitrogens with zero attached hydrogens (tertiary/aromatic N) is 1. The summed E-state index contributed by atoms with van der Waals surface area (Å²) in [6.07, 6.45) is 9.98. The highest BCUT2D eigenvalue weighted by atomic mass is 28.3. The Morgan fingerprint density at radius 1 is 0.594 bits per heavy atom. The van der Waals surface area contributed by atoms with Gasteiger partial charge in [0.1, 0.15) is 0 Å². The molecule has 0 heterocycles. The van der Waals surface area contributed by atoms with Crippen LogP contribution in [0.15, 0.2) is 0 Å². The molecular weight excluding hydrogens is 436 g/mol. The first-order valence-corrected chi connectivity index (χ1v) is 16.6. The van der Waals surface area contributed by atoms with E-state index in [0.29, 0.717) is 11.1 Å². The lowest BCUT2D eigenvalue weighted by Crippen LogP contribution is -2.34. The summed E-state index contributed by atoms with van der Waals surface area (Å²) in [6.45, 7) is 20.2. The van der Waals surface area contributed by atoms with E-state index < -0.39 is 18.6 Å². The lowest BCUT2D eigenvalue weighted by molar-refractivity contribution is 0.191. The van der Waals surface area contributed by atoms with Crippen LogP contribution in [0, 0.1) is 0 Å². The van der Waals surface area contributed by atoms with Gasteiger partial charge in [-0.15, -0.1) is 0 Å². The zero-order valence-corrected chi connectivity index (χ0v) is 24.6. The van der Waals surface area contributed by atoms with Crippen molar-refractivity contribution in [2.75, 3.05) is 52.6 Å². The highest BCUT2D eigenvalue weighted by Gasteiger charge is 2.24. The number of unbranched alkanes of at least 4 members (excludes halogenated alkanes) is 5. The monoisotopic (exact) mass is 492 g/mol. The molecule has 0 rings (SSSR count). The standard InChI is InChI=1S/C24H56N2O4Si2/c1-7-27-31(28-8-2)23(5)17-21-26(20-16-14-12-11-13-15-19-25)22-18-24(6)32(29-9-3)30-10-4/h23-24,31-32H,7-22,25H2,1-6H3. The first kappa shape index (κ1) is 32.2. The molecule has 6 nitrogen and oxygen atoms in total. The van der Waals surface area contributed by atoms with Gasteiger partial charge < -0.3 is 28.3 Å². The van der Waals surface area contributed by atoms with Gasteiger partial charge in [-0.25, -0.2) is 0 Å². The second-order valence-corrected chi connectivity index (χ2v) is 13.9. The Labute approximate surface area is 203 Å². The van der Waals surface area contributed by atoms with Gasteiger partial charge >= 0.3 is 18.6 Å². The second kappa shape index (κ2) is 23.0. The van der Waals surface area contributed by atoms with Gasteiger partial charge in [-0.1, -0.05) is 39.5 Å². The van der Waals surface area contributed by atoms with Crippen molar-refractivity contribution in [3.05, 3.63) is 0 Å². The van der Waals surface area contributed by atoms with Crippen LogP contribution in [0.2, 0.25) is 11.1 Å². The van der Waals surface area contributed by atoms with Gasteiger partial charge in [-0.05, 0) is 90.6 Å². The Morgan fingerprint density at radius 2 is 0.969 bits per heavy atom. The van der Waals surface area contributed by atoms with Crippen LogP contribution in [-0.4, -0.2) is 76.1 Å². The van der Waals surface area contributed by atoms with Crippen LogP contribution in [-0.2, 0) is 17.7 Å². The van der Waals surface area contributed by atoms with E-state index in [9.17, 15) is 0 Å². The Bertz CT molecular complexity index is 359. The minimum Gasteiger partial charge on any atom is -0.397 e. The average molecular weight is 493 g/mol. The lowest BCUT2D eigenvalue weighted by Gasteiger charge is -2.28. The van der Waals surface area contributed by atoms with Gasteiger partial charge in [0.2, 0.25) is 0 Å². The number of hydrogen-bond acceptors (Lipinski definition) is 6. The SMILES string of the molecule is CCO[SiH](OCC)C(C)CCN(CCCCCCCCN)CCC(C)[SiH](OCC)OCC. The first-order valence-electron chi connectivity index (χ1n) is 13.4. The summed E-state index contributed by atoms with van der Waals surface area (Å²) >= 11 is 0. The molecule has 2 unspecified atom stereocenters. The van der Waals surface area contributed by atoms with Gasteiger partial charge in [-0.3, -0.25) is 0 Å². The van der Waals surface area contributed by atoms with Crippen molar-refractivity contribution in [3.8, 4) is 0 Å². The maximum Gasteiger partial charge on any atom is 0.324 e. The first-order chi connectivity index (χ1) is 15.5. The molecule has 0 radical (unpaired) electrons. The van der Waals surface area contributed by atoms with Gasteiger partial charge in [-0.2, -0.15) is 0 Å². The Kier molecular flexibility index (Phi) is 23.1. The van der Waals surface area contributed by atoms with E-state index in [1.165, 1.54) is 38.6 Å². The van der Waals surface area contributed by atoms with Crippen molar-refractivity contribution >= 4 is 18.6 Å². The van der Waals surface area contributed by atoms with Crippen molar-refractivity contribution in [2.45, 2.75) is 104 Å². The van der Waals surface area contributed by atoms with E-state index in [1.54, 1.807) is 0 Å². The molecule has 32 heavy (non-hydrogen) atoms. The van der Waals surface area contributed by atoms with Crippen molar-refractivity contribution < 1.29 is 17.7 Å². The van der Waals surface area contributed by atoms with E-state index >= 15 is 0 Å². The molecule has 0 fully saturated rings. The molecule has 0 saturated carbocycles. The Balaban J connectivity index is 4.66. The summed E-state index contributed by atoms with van der Waals surface area (Å²) in [5, 5.41) is 0. The molecule has 0 aliphatic heterocycles. The fourth-order valence-corrected chi connectivity index (χ4v) is 7.64. The summed E-state index contributed by atoms with van der Waals surface area (Å²) in [5.74, 6) is 0. The van der Waals surface area contributed by atoms with E-state index in [4.69, 9.17) is 23.4 Å². The molecule has 0 aromatic rings. The number of hydrogen-bond donors (Lipinski definition) is 1. The average Bonchev–Trinajstić information content (AvgIpc) is 2.78. The van der Waals surface area contributed by atoms with Gasteiger partial charge in [0.15, 0.2) is 0 Å². The minimum absolute atomic E-state index is 0.528. The molecule has 0 aliphatic rings. The zero-order valence-electron chi connectivity index (χ0n) is 22.3. The highest BCUT2D eigenvalue weighted by molar-refractivity contribution is 6.46. The molecule has 0 bridgehead atoms. The molecule has 2 N–H and O–H groups in total. The molecule has 0 spiro atoms.